The highest BCUT2D eigenvalue weighted by molar-refractivity contribution is 6.31. The fraction of sp³-hybridized carbons (Fsp3) is 0.423. The van der Waals surface area contributed by atoms with Crippen LogP contribution in [0.3, 0.4) is 0 Å². The van der Waals surface area contributed by atoms with Crippen LogP contribution < -0.4 is 37.6 Å². The number of hydrogen-bond acceptors (Lipinski definition) is 12. The Morgan fingerprint density at radius 1 is 0.424 bits per heavy atom. The molecular formula is C97H121Cl3N12O6. The molecule has 6 amide bonds. The van der Waals surface area contributed by atoms with Crippen LogP contribution in [0, 0.1) is 0 Å². The van der Waals surface area contributed by atoms with E-state index < -0.39 is 6.04 Å². The predicted molar refractivity (Wildman–Crippen MR) is 481 cm³/mol. The first kappa shape index (κ1) is 89.7. The molecule has 118 heavy (non-hydrogen) atoms. The van der Waals surface area contributed by atoms with Crippen molar-refractivity contribution in [3.05, 3.63) is 272 Å². The van der Waals surface area contributed by atoms with Gasteiger partial charge in [-0.15, -0.1) is 0 Å². The van der Waals surface area contributed by atoms with E-state index in [1.54, 1.807) is 24.3 Å². The first-order valence-electron chi connectivity index (χ1n) is 42.9. The van der Waals surface area contributed by atoms with Crippen LogP contribution in [0.15, 0.2) is 218 Å². The van der Waals surface area contributed by atoms with Gasteiger partial charge < -0.3 is 62.1 Å². The number of hydrogen-bond donors (Lipinski definition) is 7. The predicted octanol–water partition coefficient (Wildman–Crippen LogP) is 15.2. The maximum Gasteiger partial charge on any atom is 0.251 e. The van der Waals surface area contributed by atoms with E-state index in [9.17, 15) is 28.8 Å². The van der Waals surface area contributed by atoms with Crippen molar-refractivity contribution >= 4 is 93.2 Å². The number of nitrogens with zero attached hydrogens (tertiary/aromatic N) is 5. The van der Waals surface area contributed by atoms with Gasteiger partial charge in [0, 0.05) is 141 Å². The van der Waals surface area contributed by atoms with Gasteiger partial charge in [-0.25, -0.2) is 0 Å². The van der Waals surface area contributed by atoms with Crippen LogP contribution in [0.2, 0.25) is 15.1 Å². The van der Waals surface area contributed by atoms with Crippen molar-refractivity contribution in [3.63, 3.8) is 0 Å². The van der Waals surface area contributed by atoms with Crippen LogP contribution in [0.4, 0.5) is 0 Å². The summed E-state index contributed by atoms with van der Waals surface area (Å²) in [7, 11) is 0. The van der Waals surface area contributed by atoms with Gasteiger partial charge in [0.15, 0.2) is 0 Å². The molecule has 8 N–H and O–H groups in total. The number of nitrogens with two attached hydrogens (primary N) is 1. The number of nitrogens with one attached hydrogen (secondary N) is 6. The molecule has 0 bridgehead atoms. The molecule has 5 fully saturated rings. The van der Waals surface area contributed by atoms with E-state index in [0.29, 0.717) is 91.2 Å². The zero-order valence-electron chi connectivity index (χ0n) is 68.7. The van der Waals surface area contributed by atoms with Crippen molar-refractivity contribution in [2.24, 2.45) is 5.73 Å². The lowest BCUT2D eigenvalue weighted by atomic mass is 9.90. The molecule has 0 unspecified atom stereocenters. The largest absolute Gasteiger partial charge is 0.351 e. The third-order valence-electron chi connectivity index (χ3n) is 23.6. The van der Waals surface area contributed by atoms with Gasteiger partial charge in [0.1, 0.15) is 0 Å². The highest BCUT2D eigenvalue weighted by Crippen LogP contribution is 2.30. The van der Waals surface area contributed by atoms with Crippen molar-refractivity contribution in [2.45, 2.75) is 158 Å². The molecule has 5 aliphatic heterocycles. The SMILES string of the molecule is CC[C@@H](CN1CC[C@@H](CNC(=O)/C=C/c2ccc(Cl)cc2)N[C@@H](CCN2CCCCC2)C1=O)c1ccccc1.CC[C@H](CN1CC[C@@H](CNC(=O)/C=C/c2ccc(Cl)cc2)N[C@@H](CCN2CCCCC2)C1=O)c1ccccc1.NCC[C@@H]1N[C@H](CNC(=O)c2ccc3cc(Cl)ccc3c2)CCN(CC(c2ccccc2)c2ccccc2)C1=O. The molecule has 8 aromatic carbocycles. The van der Waals surface area contributed by atoms with E-state index in [-0.39, 0.29) is 71.6 Å². The fourth-order valence-corrected chi connectivity index (χ4v) is 17.1. The average Bonchev–Trinajstić information content (AvgIpc) is 1.42. The third-order valence-corrected chi connectivity index (χ3v) is 24.4. The smallest absolute Gasteiger partial charge is 0.251 e. The maximum absolute atomic E-state index is 13.8. The lowest BCUT2D eigenvalue weighted by molar-refractivity contribution is -0.134. The van der Waals surface area contributed by atoms with E-state index in [1.807, 2.05) is 138 Å². The summed E-state index contributed by atoms with van der Waals surface area (Å²) < 4.78 is 0. The molecular weight excluding hydrogens is 1540 g/mol. The molecule has 0 aromatic heterocycles. The first-order chi connectivity index (χ1) is 57.5. The summed E-state index contributed by atoms with van der Waals surface area (Å²) in [5.41, 5.74) is 13.3. The van der Waals surface area contributed by atoms with Gasteiger partial charge in [-0.3, -0.25) is 28.8 Å². The van der Waals surface area contributed by atoms with Gasteiger partial charge in [0.05, 0.1) is 18.1 Å². The number of carbonyl (C=O) groups is 6. The molecule has 5 saturated heterocycles. The molecule has 0 radical (unpaired) electrons. The molecule has 18 nitrogen and oxygen atoms in total. The number of carbonyl (C=O) groups excluding carboxylic acids is 6. The highest BCUT2D eigenvalue weighted by Gasteiger charge is 2.36. The molecule has 626 valence electrons. The minimum atomic E-state index is -0.396. The lowest BCUT2D eigenvalue weighted by Crippen LogP contribution is -2.50. The Labute approximate surface area is 714 Å². The van der Waals surface area contributed by atoms with E-state index in [2.05, 4.69) is 138 Å². The van der Waals surface area contributed by atoms with E-state index >= 15 is 0 Å². The lowest BCUT2D eigenvalue weighted by Gasteiger charge is -2.31. The van der Waals surface area contributed by atoms with E-state index in [1.165, 1.54) is 60.8 Å². The van der Waals surface area contributed by atoms with Crippen LogP contribution in [0.5, 0.6) is 0 Å². The van der Waals surface area contributed by atoms with Gasteiger partial charge in [-0.1, -0.05) is 219 Å². The zero-order chi connectivity index (χ0) is 82.8. The monoisotopic (exact) mass is 1650 g/mol. The Morgan fingerprint density at radius 2 is 0.788 bits per heavy atom. The van der Waals surface area contributed by atoms with Crippen molar-refractivity contribution < 1.29 is 28.8 Å². The van der Waals surface area contributed by atoms with Gasteiger partial charge in [-0.2, -0.15) is 0 Å². The quantitative estimate of drug-likeness (QED) is 0.0202. The maximum atomic E-state index is 13.8. The molecule has 5 aliphatic rings. The summed E-state index contributed by atoms with van der Waals surface area (Å²) in [6.07, 6.45) is 20.7. The highest BCUT2D eigenvalue weighted by atomic mass is 35.5. The normalized spacial score (nSPS) is 20.3. The zero-order valence-corrected chi connectivity index (χ0v) is 71.0. The van der Waals surface area contributed by atoms with Gasteiger partial charge in [-0.05, 0) is 215 Å². The topological polar surface area (TPSA) is 217 Å². The minimum Gasteiger partial charge on any atom is -0.351 e. The van der Waals surface area contributed by atoms with Crippen molar-refractivity contribution in [2.75, 3.05) is 105 Å². The number of halogens is 3. The second-order valence-electron chi connectivity index (χ2n) is 32.0. The van der Waals surface area contributed by atoms with Crippen LogP contribution in [0.1, 0.15) is 165 Å². The number of fused-ring (bicyclic) bond motifs is 1. The molecule has 0 aliphatic carbocycles. The summed E-state index contributed by atoms with van der Waals surface area (Å²) in [6, 6.07) is 66.8. The number of benzene rings is 8. The fourth-order valence-electron chi connectivity index (χ4n) is 16.7. The van der Waals surface area contributed by atoms with Crippen LogP contribution in [0.25, 0.3) is 22.9 Å². The van der Waals surface area contributed by atoms with E-state index in [4.69, 9.17) is 40.5 Å². The molecule has 0 spiro atoms. The molecule has 21 heteroatoms. The molecule has 8 aromatic rings. The Kier molecular flexibility index (Phi) is 36.2. The minimum absolute atomic E-state index is 0.0370. The van der Waals surface area contributed by atoms with Gasteiger partial charge >= 0.3 is 0 Å². The van der Waals surface area contributed by atoms with Gasteiger partial charge in [0.25, 0.3) is 5.91 Å². The number of amides is 6. The Balaban J connectivity index is 0.000000174. The summed E-state index contributed by atoms with van der Waals surface area (Å²) in [5.74, 6) is 0.705. The standard InChI is InChI=1S/C33H35ClN4O2.2C32H43ClN4O2/c34-28-14-13-25-19-27(12-11-26(25)20-28)32(39)36-21-29-16-18-38(33(40)31(37-29)15-17-35)22-30(23-7-3-1-4-8-23)24-9-5-2-6-10-24;2*1-2-26(27-9-5-3-6-10-27)24-37-22-17-29(23-34-31(38)16-13-25-11-14-28(33)15-12-25)35-30(32(37)39)18-21-36-19-7-4-8-20-36/h1-14,19-20,29-31,37H,15-18,21-22,35H2,(H,36,39);2*3,5-6,9-16,26,29-30,35H,2,4,7-8,17-24H2,1H3,(H,34,38)/b;2*16-13+/t29-,31-;26-,29+,30+;26-,29-,30-/m010/s1. The van der Waals surface area contributed by atoms with Gasteiger partial charge in [0.2, 0.25) is 29.5 Å². The number of likely N-dealkylation sites (tertiary alicyclic amines) is 2. The van der Waals surface area contributed by atoms with Crippen molar-refractivity contribution in [1.82, 2.24) is 56.4 Å². The summed E-state index contributed by atoms with van der Waals surface area (Å²) in [6.45, 7) is 16.5. The molecule has 8 atom stereocenters. The number of rotatable bonds is 31. The molecule has 5 heterocycles. The van der Waals surface area contributed by atoms with Crippen LogP contribution in [-0.2, 0) is 24.0 Å². The van der Waals surface area contributed by atoms with Crippen LogP contribution in [-0.4, -0.2) is 201 Å². The first-order valence-corrected chi connectivity index (χ1v) is 44.1. The molecule has 13 rings (SSSR count). The molecule has 0 saturated carbocycles. The van der Waals surface area contributed by atoms with Crippen LogP contribution >= 0.6 is 34.8 Å². The number of piperidine rings is 2. The van der Waals surface area contributed by atoms with Crippen molar-refractivity contribution in [1.29, 1.82) is 0 Å². The Hall–Kier alpha value is -9.05. The Bertz CT molecular complexity index is 4270. The second kappa shape index (κ2) is 47.7. The summed E-state index contributed by atoms with van der Waals surface area (Å²) in [4.78, 5) is 90.5. The second-order valence-corrected chi connectivity index (χ2v) is 33.3. The van der Waals surface area contributed by atoms with Crippen molar-refractivity contribution in [3.8, 4) is 0 Å². The average molecular weight is 1660 g/mol. The third kappa shape index (κ3) is 28.3. The summed E-state index contributed by atoms with van der Waals surface area (Å²) >= 11 is 18.0. The summed E-state index contributed by atoms with van der Waals surface area (Å²) in [5, 5.41) is 23.9. The Morgan fingerprint density at radius 3 is 1.19 bits per heavy atom. The van der Waals surface area contributed by atoms with E-state index in [0.717, 1.165) is 119 Å².